The zero-order chi connectivity index (χ0) is 11.1. The Balaban J connectivity index is 1.83. The molecule has 3 unspecified atom stereocenters. The van der Waals surface area contributed by atoms with Crippen LogP contribution in [0.25, 0.3) is 0 Å². The first kappa shape index (κ1) is 9.97. The Morgan fingerprint density at radius 2 is 2.31 bits per heavy atom. The van der Waals surface area contributed by atoms with Gasteiger partial charge in [-0.1, -0.05) is 0 Å². The average molecular weight is 216 g/mol. The number of pyridine rings is 1. The van der Waals surface area contributed by atoms with Crippen LogP contribution in [0.1, 0.15) is 35.2 Å². The number of fused-ring (bicyclic) bond motifs is 2. The molecule has 2 aliphatic heterocycles. The van der Waals surface area contributed by atoms with Gasteiger partial charge in [-0.15, -0.1) is 0 Å². The molecule has 1 aromatic rings. The highest BCUT2D eigenvalue weighted by molar-refractivity contribution is 5.98. The van der Waals surface area contributed by atoms with E-state index in [1.54, 1.807) is 12.4 Å². The standard InChI is InChI=1S/C13H16N2O/c1-8-4-9(7-14-6-8)13(16)11-5-10-2-3-12(11)15-10/h4,6-7,10-12,15H,2-3,5H2,1H3. The molecule has 2 saturated heterocycles. The summed E-state index contributed by atoms with van der Waals surface area (Å²) >= 11 is 0. The second kappa shape index (κ2) is 3.67. The maximum atomic E-state index is 12.3. The van der Waals surface area contributed by atoms with Crippen LogP contribution in [0.5, 0.6) is 0 Å². The van der Waals surface area contributed by atoms with Crippen LogP contribution in [0, 0.1) is 12.8 Å². The summed E-state index contributed by atoms with van der Waals surface area (Å²) < 4.78 is 0. The lowest BCUT2D eigenvalue weighted by Crippen LogP contribution is -2.28. The van der Waals surface area contributed by atoms with Crippen molar-refractivity contribution in [2.24, 2.45) is 5.92 Å². The first-order chi connectivity index (χ1) is 7.74. The van der Waals surface area contributed by atoms with Crippen molar-refractivity contribution < 1.29 is 4.79 Å². The normalized spacial score (nSPS) is 31.9. The van der Waals surface area contributed by atoms with E-state index in [1.165, 1.54) is 6.42 Å². The van der Waals surface area contributed by atoms with Gasteiger partial charge < -0.3 is 5.32 Å². The minimum absolute atomic E-state index is 0.183. The largest absolute Gasteiger partial charge is 0.310 e. The van der Waals surface area contributed by atoms with Crippen LogP contribution in [0.4, 0.5) is 0 Å². The van der Waals surface area contributed by atoms with Crippen LogP contribution in [0.2, 0.25) is 0 Å². The fourth-order valence-corrected chi connectivity index (χ4v) is 3.02. The number of carbonyl (C=O) groups is 1. The quantitative estimate of drug-likeness (QED) is 0.765. The monoisotopic (exact) mass is 216 g/mol. The minimum atomic E-state index is 0.183. The van der Waals surface area contributed by atoms with Gasteiger partial charge in [0.1, 0.15) is 0 Å². The molecule has 3 rings (SSSR count). The lowest BCUT2D eigenvalue weighted by Gasteiger charge is -2.18. The maximum absolute atomic E-state index is 12.3. The van der Waals surface area contributed by atoms with E-state index in [-0.39, 0.29) is 11.7 Å². The lowest BCUT2D eigenvalue weighted by molar-refractivity contribution is 0.0900. The highest BCUT2D eigenvalue weighted by atomic mass is 16.1. The molecule has 16 heavy (non-hydrogen) atoms. The molecular weight excluding hydrogens is 200 g/mol. The summed E-state index contributed by atoms with van der Waals surface area (Å²) in [5.41, 5.74) is 1.83. The second-order valence-electron chi connectivity index (χ2n) is 5.00. The van der Waals surface area contributed by atoms with Crippen molar-refractivity contribution in [3.63, 3.8) is 0 Å². The molecule has 0 amide bonds. The Morgan fingerprint density at radius 3 is 2.94 bits per heavy atom. The third-order valence-corrected chi connectivity index (χ3v) is 3.80. The number of hydrogen-bond donors (Lipinski definition) is 1. The average Bonchev–Trinajstić information content (AvgIpc) is 2.89. The van der Waals surface area contributed by atoms with E-state index >= 15 is 0 Å². The van der Waals surface area contributed by atoms with Crippen molar-refractivity contribution in [1.29, 1.82) is 0 Å². The van der Waals surface area contributed by atoms with Gasteiger partial charge in [-0.3, -0.25) is 9.78 Å². The molecule has 2 bridgehead atoms. The number of nitrogens with one attached hydrogen (secondary N) is 1. The number of ketones is 1. The number of nitrogens with zero attached hydrogens (tertiary/aromatic N) is 1. The van der Waals surface area contributed by atoms with Crippen molar-refractivity contribution in [1.82, 2.24) is 10.3 Å². The van der Waals surface area contributed by atoms with E-state index in [9.17, 15) is 4.79 Å². The maximum Gasteiger partial charge on any atom is 0.169 e. The zero-order valence-electron chi connectivity index (χ0n) is 9.44. The Bertz CT molecular complexity index is 430. The number of aromatic nitrogens is 1. The van der Waals surface area contributed by atoms with Crippen LogP contribution in [-0.2, 0) is 0 Å². The van der Waals surface area contributed by atoms with E-state index in [1.807, 2.05) is 13.0 Å². The van der Waals surface area contributed by atoms with E-state index in [0.29, 0.717) is 12.1 Å². The van der Waals surface area contributed by atoms with E-state index < -0.39 is 0 Å². The predicted octanol–water partition coefficient (Wildman–Crippen LogP) is 1.71. The lowest BCUT2D eigenvalue weighted by atomic mass is 9.84. The third-order valence-electron chi connectivity index (χ3n) is 3.80. The van der Waals surface area contributed by atoms with Crippen molar-refractivity contribution in [2.75, 3.05) is 0 Å². The zero-order valence-corrected chi connectivity index (χ0v) is 9.44. The molecule has 3 heterocycles. The third kappa shape index (κ3) is 1.55. The van der Waals surface area contributed by atoms with Gasteiger partial charge in [0.15, 0.2) is 5.78 Å². The molecule has 0 aliphatic carbocycles. The Hall–Kier alpha value is -1.22. The van der Waals surface area contributed by atoms with Gasteiger partial charge in [-0.25, -0.2) is 0 Å². The molecule has 0 saturated carbocycles. The molecule has 1 N–H and O–H groups in total. The highest BCUT2D eigenvalue weighted by Gasteiger charge is 2.42. The van der Waals surface area contributed by atoms with E-state index in [2.05, 4.69) is 10.3 Å². The molecule has 1 aromatic heterocycles. The van der Waals surface area contributed by atoms with Gasteiger partial charge in [0, 0.05) is 36.0 Å². The van der Waals surface area contributed by atoms with Crippen LogP contribution in [0.15, 0.2) is 18.5 Å². The minimum Gasteiger partial charge on any atom is -0.310 e. The second-order valence-corrected chi connectivity index (χ2v) is 5.00. The first-order valence-electron chi connectivity index (χ1n) is 5.96. The van der Waals surface area contributed by atoms with Gasteiger partial charge in [0.2, 0.25) is 0 Å². The number of carbonyl (C=O) groups excluding carboxylic acids is 1. The first-order valence-corrected chi connectivity index (χ1v) is 5.96. The molecule has 0 spiro atoms. The molecule has 84 valence electrons. The number of Topliss-reactive ketones (excluding diaryl/α,β-unsaturated/α-hetero) is 1. The van der Waals surface area contributed by atoms with Crippen LogP contribution < -0.4 is 5.32 Å². The van der Waals surface area contributed by atoms with E-state index in [0.717, 1.165) is 24.0 Å². The fraction of sp³-hybridized carbons (Fsp3) is 0.538. The van der Waals surface area contributed by atoms with E-state index in [4.69, 9.17) is 0 Å². The molecule has 2 aliphatic rings. The predicted molar refractivity (Wildman–Crippen MR) is 61.4 cm³/mol. The summed E-state index contributed by atoms with van der Waals surface area (Å²) in [7, 11) is 0. The summed E-state index contributed by atoms with van der Waals surface area (Å²) in [6, 6.07) is 2.94. The Kier molecular flexibility index (Phi) is 2.28. The summed E-state index contributed by atoms with van der Waals surface area (Å²) in [5.74, 6) is 0.457. The van der Waals surface area contributed by atoms with Crippen LogP contribution in [-0.4, -0.2) is 22.9 Å². The summed E-state index contributed by atoms with van der Waals surface area (Å²) in [6.07, 6.45) is 6.88. The molecule has 2 fully saturated rings. The number of aryl methyl sites for hydroxylation is 1. The Labute approximate surface area is 95.3 Å². The molecule has 0 aromatic carbocycles. The van der Waals surface area contributed by atoms with Crippen LogP contribution in [0.3, 0.4) is 0 Å². The van der Waals surface area contributed by atoms with Gasteiger partial charge in [-0.05, 0) is 37.8 Å². The number of hydrogen-bond acceptors (Lipinski definition) is 3. The topological polar surface area (TPSA) is 42.0 Å². The fourth-order valence-electron chi connectivity index (χ4n) is 3.02. The van der Waals surface area contributed by atoms with Crippen molar-refractivity contribution in [3.8, 4) is 0 Å². The molecule has 3 nitrogen and oxygen atoms in total. The highest BCUT2D eigenvalue weighted by Crippen LogP contribution is 2.35. The van der Waals surface area contributed by atoms with Crippen LogP contribution >= 0.6 is 0 Å². The van der Waals surface area contributed by atoms with Crippen molar-refractivity contribution in [3.05, 3.63) is 29.6 Å². The summed E-state index contributed by atoms with van der Waals surface area (Å²) in [5, 5.41) is 3.50. The van der Waals surface area contributed by atoms with Gasteiger partial charge in [0.25, 0.3) is 0 Å². The molecular formula is C13H16N2O. The smallest absolute Gasteiger partial charge is 0.169 e. The van der Waals surface area contributed by atoms with Crippen molar-refractivity contribution in [2.45, 2.75) is 38.3 Å². The van der Waals surface area contributed by atoms with Crippen molar-refractivity contribution >= 4 is 5.78 Å². The molecule has 3 heteroatoms. The SMILES string of the molecule is Cc1cncc(C(=O)C2CC3CCC2N3)c1. The molecule has 3 atom stereocenters. The Morgan fingerprint density at radius 1 is 1.44 bits per heavy atom. The number of rotatable bonds is 2. The van der Waals surface area contributed by atoms with Gasteiger partial charge >= 0.3 is 0 Å². The molecule has 0 radical (unpaired) electrons. The van der Waals surface area contributed by atoms with Gasteiger partial charge in [-0.2, -0.15) is 0 Å². The summed E-state index contributed by atoms with van der Waals surface area (Å²) in [6.45, 7) is 1.98. The van der Waals surface area contributed by atoms with Gasteiger partial charge in [0.05, 0.1) is 0 Å². The summed E-state index contributed by atoms with van der Waals surface area (Å²) in [4.78, 5) is 16.4.